The topological polar surface area (TPSA) is 86.5 Å². The van der Waals surface area contributed by atoms with Crippen LogP contribution < -0.4 is 14.8 Å². The van der Waals surface area contributed by atoms with Gasteiger partial charge in [-0.2, -0.15) is 18.3 Å². The van der Waals surface area contributed by atoms with Crippen LogP contribution in [0.5, 0.6) is 11.6 Å². The van der Waals surface area contributed by atoms with E-state index in [4.69, 9.17) is 9.47 Å². The fourth-order valence-electron chi connectivity index (χ4n) is 2.64. The minimum absolute atomic E-state index is 0.0867. The maximum atomic E-state index is 13.4. The van der Waals surface area contributed by atoms with Crippen LogP contribution >= 0.6 is 0 Å². The number of rotatable bonds is 7. The summed E-state index contributed by atoms with van der Waals surface area (Å²) in [5, 5.41) is 5.76. The number of aromatic nitrogens is 5. The van der Waals surface area contributed by atoms with Crippen molar-refractivity contribution in [2.45, 2.75) is 18.6 Å². The van der Waals surface area contributed by atoms with Crippen LogP contribution in [0.3, 0.4) is 0 Å². The van der Waals surface area contributed by atoms with Crippen molar-refractivity contribution < 1.29 is 31.4 Å². The van der Waals surface area contributed by atoms with Crippen LogP contribution in [0, 0.1) is 0 Å². The average Bonchev–Trinajstić information content (AvgIpc) is 3.14. The molecule has 0 spiro atoms. The standard InChI is InChI=1S/C16H15F5N6O2/c1-28-11-4-22-9(13(16(19,20)21)23-5-12(17)18)3-8(11)10-6-27-14(24-7-25-27)15(26-10)29-2/h3-4,6-7,12-13,23H,5H2,1-2H3. The molecule has 0 bridgehead atoms. The highest BCUT2D eigenvalue weighted by Crippen LogP contribution is 2.36. The lowest BCUT2D eigenvalue weighted by Crippen LogP contribution is -2.37. The van der Waals surface area contributed by atoms with Crippen LogP contribution in [0.4, 0.5) is 22.0 Å². The van der Waals surface area contributed by atoms with Gasteiger partial charge in [0, 0.05) is 5.56 Å². The zero-order valence-electron chi connectivity index (χ0n) is 15.1. The molecule has 8 nitrogen and oxygen atoms in total. The molecule has 0 radical (unpaired) electrons. The summed E-state index contributed by atoms with van der Waals surface area (Å²) < 4.78 is 76.8. The Hall–Kier alpha value is -3.09. The molecule has 0 saturated heterocycles. The highest BCUT2D eigenvalue weighted by atomic mass is 19.4. The molecular weight excluding hydrogens is 403 g/mol. The van der Waals surface area contributed by atoms with Gasteiger partial charge in [-0.25, -0.2) is 23.3 Å². The first-order chi connectivity index (χ1) is 13.7. The second-order valence-electron chi connectivity index (χ2n) is 5.75. The third-order valence-electron chi connectivity index (χ3n) is 3.91. The van der Waals surface area contributed by atoms with Gasteiger partial charge in [0.1, 0.15) is 18.1 Å². The van der Waals surface area contributed by atoms with E-state index < -0.39 is 30.9 Å². The summed E-state index contributed by atoms with van der Waals surface area (Å²) >= 11 is 0. The van der Waals surface area contributed by atoms with E-state index in [0.29, 0.717) is 5.65 Å². The predicted octanol–water partition coefficient (Wildman–Crippen LogP) is 2.66. The number of pyridine rings is 1. The van der Waals surface area contributed by atoms with Crippen molar-refractivity contribution in [1.82, 2.24) is 29.9 Å². The highest BCUT2D eigenvalue weighted by molar-refractivity contribution is 5.68. The van der Waals surface area contributed by atoms with Gasteiger partial charge in [0.2, 0.25) is 5.65 Å². The van der Waals surface area contributed by atoms with Crippen molar-refractivity contribution in [3.8, 4) is 22.9 Å². The number of fused-ring (bicyclic) bond motifs is 1. The zero-order valence-corrected chi connectivity index (χ0v) is 15.1. The Labute approximate surface area is 160 Å². The molecule has 0 saturated carbocycles. The lowest BCUT2D eigenvalue weighted by molar-refractivity contribution is -0.159. The quantitative estimate of drug-likeness (QED) is 0.591. The molecule has 1 unspecified atom stereocenters. The van der Waals surface area contributed by atoms with E-state index in [-0.39, 0.29) is 22.9 Å². The Morgan fingerprint density at radius 1 is 1.17 bits per heavy atom. The smallest absolute Gasteiger partial charge is 0.409 e. The van der Waals surface area contributed by atoms with Crippen LogP contribution in [0.1, 0.15) is 11.7 Å². The van der Waals surface area contributed by atoms with Crippen molar-refractivity contribution in [1.29, 1.82) is 0 Å². The van der Waals surface area contributed by atoms with E-state index in [0.717, 1.165) is 12.3 Å². The largest absolute Gasteiger partial charge is 0.494 e. The Balaban J connectivity index is 2.12. The lowest BCUT2D eigenvalue weighted by atomic mass is 10.1. The molecule has 29 heavy (non-hydrogen) atoms. The third-order valence-corrected chi connectivity index (χ3v) is 3.91. The summed E-state index contributed by atoms with van der Waals surface area (Å²) in [5.74, 6) is 0.209. The fraction of sp³-hybridized carbons (Fsp3) is 0.375. The minimum Gasteiger partial charge on any atom is -0.494 e. The van der Waals surface area contributed by atoms with E-state index in [1.165, 1.54) is 31.3 Å². The number of hydrogen-bond donors (Lipinski definition) is 1. The van der Waals surface area contributed by atoms with Crippen molar-refractivity contribution in [2.24, 2.45) is 0 Å². The first-order valence-corrected chi connectivity index (χ1v) is 8.11. The van der Waals surface area contributed by atoms with E-state index in [2.05, 4.69) is 20.1 Å². The maximum Gasteiger partial charge on any atom is 0.409 e. The second-order valence-corrected chi connectivity index (χ2v) is 5.75. The number of alkyl halides is 5. The van der Waals surface area contributed by atoms with E-state index in [9.17, 15) is 22.0 Å². The molecule has 1 atom stereocenters. The van der Waals surface area contributed by atoms with Crippen molar-refractivity contribution in [3.63, 3.8) is 0 Å². The van der Waals surface area contributed by atoms with Gasteiger partial charge in [-0.1, -0.05) is 0 Å². The molecule has 1 N–H and O–H groups in total. The van der Waals surface area contributed by atoms with Crippen molar-refractivity contribution in [3.05, 3.63) is 30.5 Å². The number of ether oxygens (including phenoxy) is 2. The van der Waals surface area contributed by atoms with Crippen LogP contribution in [0.25, 0.3) is 16.9 Å². The molecule has 0 aliphatic carbocycles. The van der Waals surface area contributed by atoms with Gasteiger partial charge in [0.15, 0.2) is 0 Å². The first-order valence-electron chi connectivity index (χ1n) is 8.11. The summed E-state index contributed by atoms with van der Waals surface area (Å²) in [6, 6.07) is -1.34. The molecule has 3 aromatic rings. The number of nitrogens with zero attached hydrogens (tertiary/aromatic N) is 5. The molecule has 0 fully saturated rings. The number of hydrogen-bond acceptors (Lipinski definition) is 7. The summed E-state index contributed by atoms with van der Waals surface area (Å²) in [7, 11) is 2.66. The van der Waals surface area contributed by atoms with E-state index >= 15 is 0 Å². The van der Waals surface area contributed by atoms with Gasteiger partial charge in [0.25, 0.3) is 12.3 Å². The van der Waals surface area contributed by atoms with Crippen LogP contribution in [-0.2, 0) is 0 Å². The molecule has 0 aromatic carbocycles. The van der Waals surface area contributed by atoms with E-state index in [1.54, 1.807) is 5.32 Å². The second kappa shape index (κ2) is 8.11. The van der Waals surface area contributed by atoms with Gasteiger partial charge < -0.3 is 9.47 Å². The van der Waals surface area contributed by atoms with Gasteiger partial charge in [0.05, 0.1) is 44.5 Å². The van der Waals surface area contributed by atoms with Crippen LogP contribution in [-0.4, -0.2) is 57.9 Å². The first kappa shape index (κ1) is 20.6. The minimum atomic E-state index is -4.85. The Kier molecular flexibility index (Phi) is 5.77. The Morgan fingerprint density at radius 2 is 1.93 bits per heavy atom. The molecule has 3 heterocycles. The summed E-state index contributed by atoms with van der Waals surface area (Å²) in [6.07, 6.45) is -4.08. The van der Waals surface area contributed by atoms with Gasteiger partial charge in [-0.05, 0) is 6.07 Å². The third kappa shape index (κ3) is 4.34. The highest BCUT2D eigenvalue weighted by Gasteiger charge is 2.42. The average molecular weight is 418 g/mol. The molecule has 0 amide bonds. The molecule has 0 aliphatic heterocycles. The maximum absolute atomic E-state index is 13.4. The Morgan fingerprint density at radius 3 is 2.55 bits per heavy atom. The SMILES string of the molecule is COc1cnc(C(NCC(F)F)C(F)(F)F)cc1-c1cn2ncnc2c(OC)n1. The Bertz CT molecular complexity index is 994. The van der Waals surface area contributed by atoms with Crippen molar-refractivity contribution in [2.75, 3.05) is 20.8 Å². The van der Waals surface area contributed by atoms with Crippen LogP contribution in [0.2, 0.25) is 0 Å². The summed E-state index contributed by atoms with van der Waals surface area (Å²) in [4.78, 5) is 11.9. The molecule has 13 heteroatoms. The summed E-state index contributed by atoms with van der Waals surface area (Å²) in [5.41, 5.74) is 0.0844. The normalized spacial score (nSPS) is 13.1. The predicted molar refractivity (Wildman–Crippen MR) is 89.9 cm³/mol. The van der Waals surface area contributed by atoms with Crippen LogP contribution in [0.15, 0.2) is 24.8 Å². The molecule has 3 rings (SSSR count). The molecular formula is C16H15F5N6O2. The van der Waals surface area contributed by atoms with Crippen molar-refractivity contribution >= 4 is 5.65 Å². The lowest BCUT2D eigenvalue weighted by Gasteiger charge is -2.22. The summed E-state index contributed by atoms with van der Waals surface area (Å²) in [6.45, 7) is -1.15. The van der Waals surface area contributed by atoms with Gasteiger partial charge >= 0.3 is 6.18 Å². The molecule has 156 valence electrons. The fourth-order valence-corrected chi connectivity index (χ4v) is 2.64. The molecule has 0 aliphatic rings. The monoisotopic (exact) mass is 418 g/mol. The zero-order chi connectivity index (χ0) is 21.2. The molecule has 3 aromatic heterocycles. The number of methoxy groups -OCH3 is 2. The van der Waals surface area contributed by atoms with Gasteiger partial charge in [-0.3, -0.25) is 10.3 Å². The number of halogens is 5. The number of nitrogens with one attached hydrogen (secondary N) is 1. The van der Waals surface area contributed by atoms with E-state index in [1.807, 2.05) is 0 Å². The van der Waals surface area contributed by atoms with Gasteiger partial charge in [-0.15, -0.1) is 0 Å².